The molecule has 0 saturated heterocycles. The molecule has 1 aromatic rings. The third-order valence-corrected chi connectivity index (χ3v) is 3.99. The Labute approximate surface area is 103 Å². The van der Waals surface area contributed by atoms with Crippen LogP contribution in [0.5, 0.6) is 0 Å². The largest absolute Gasteiger partial charge is 0.480 e. The quantitative estimate of drug-likeness (QED) is 0.808. The summed E-state index contributed by atoms with van der Waals surface area (Å²) in [7, 11) is -4.26. The van der Waals surface area contributed by atoms with Gasteiger partial charge in [-0.15, -0.1) is 0 Å². The van der Waals surface area contributed by atoms with Gasteiger partial charge in [0.15, 0.2) is 5.82 Å². The first-order valence-electron chi connectivity index (χ1n) is 5.27. The summed E-state index contributed by atoms with van der Waals surface area (Å²) in [5.41, 5.74) is 0. The molecule has 1 atom stereocenters. The van der Waals surface area contributed by atoms with Gasteiger partial charge in [0.2, 0.25) is 5.03 Å². The number of rotatable bonds is 5. The smallest absolute Gasteiger partial charge is 0.322 e. The fourth-order valence-corrected chi connectivity index (χ4v) is 2.83. The van der Waals surface area contributed by atoms with Crippen LogP contribution in [0.3, 0.4) is 0 Å². The van der Waals surface area contributed by atoms with Crippen molar-refractivity contribution in [3.05, 3.63) is 24.1 Å². The molecular formula is C10H11FN2O4S. The van der Waals surface area contributed by atoms with Crippen LogP contribution in [-0.2, 0) is 14.8 Å². The van der Waals surface area contributed by atoms with E-state index in [0.717, 1.165) is 12.3 Å². The lowest BCUT2D eigenvalue weighted by Gasteiger charge is -2.13. The molecule has 1 fully saturated rings. The maximum absolute atomic E-state index is 13.3. The molecule has 1 aliphatic carbocycles. The molecular weight excluding hydrogens is 263 g/mol. The van der Waals surface area contributed by atoms with Crippen molar-refractivity contribution in [2.24, 2.45) is 5.92 Å². The van der Waals surface area contributed by atoms with E-state index in [1.807, 2.05) is 4.72 Å². The van der Waals surface area contributed by atoms with Crippen LogP contribution in [0, 0.1) is 11.7 Å². The summed E-state index contributed by atoms with van der Waals surface area (Å²) < 4.78 is 39.0. The Hall–Kier alpha value is -1.54. The van der Waals surface area contributed by atoms with Crippen LogP contribution in [0.25, 0.3) is 0 Å². The van der Waals surface area contributed by atoms with Crippen molar-refractivity contribution in [3.63, 3.8) is 0 Å². The van der Waals surface area contributed by atoms with E-state index in [1.165, 1.54) is 6.07 Å². The molecule has 0 aliphatic heterocycles. The van der Waals surface area contributed by atoms with Gasteiger partial charge in [-0.1, -0.05) is 0 Å². The molecule has 2 N–H and O–H groups in total. The Morgan fingerprint density at radius 1 is 1.56 bits per heavy atom. The minimum atomic E-state index is -4.26. The maximum atomic E-state index is 13.3. The van der Waals surface area contributed by atoms with E-state index < -0.39 is 32.9 Å². The molecule has 1 unspecified atom stereocenters. The first-order valence-corrected chi connectivity index (χ1v) is 6.76. The van der Waals surface area contributed by atoms with Crippen molar-refractivity contribution in [2.45, 2.75) is 23.9 Å². The molecule has 0 amide bonds. The SMILES string of the molecule is O=C(O)C(NS(=O)(=O)c1ncccc1F)C1CC1. The lowest BCUT2D eigenvalue weighted by Crippen LogP contribution is -2.42. The van der Waals surface area contributed by atoms with Gasteiger partial charge in [-0.2, -0.15) is 4.72 Å². The number of halogens is 1. The number of carboxylic acid groups (broad SMARTS) is 1. The second-order valence-corrected chi connectivity index (χ2v) is 5.69. The number of hydrogen-bond donors (Lipinski definition) is 2. The zero-order valence-electron chi connectivity index (χ0n) is 9.21. The lowest BCUT2D eigenvalue weighted by molar-refractivity contribution is -0.139. The standard InChI is InChI=1S/C10H11FN2O4S/c11-7-2-1-5-12-9(7)18(16,17)13-8(10(14)15)6-3-4-6/h1-2,5-6,8,13H,3-4H2,(H,14,15). The number of sulfonamides is 1. The molecule has 0 spiro atoms. The van der Waals surface area contributed by atoms with Gasteiger partial charge in [-0.3, -0.25) is 4.79 Å². The van der Waals surface area contributed by atoms with E-state index >= 15 is 0 Å². The van der Waals surface area contributed by atoms with Gasteiger partial charge in [0, 0.05) is 6.20 Å². The van der Waals surface area contributed by atoms with Gasteiger partial charge < -0.3 is 5.11 Å². The molecule has 6 nitrogen and oxygen atoms in total. The molecule has 18 heavy (non-hydrogen) atoms. The van der Waals surface area contributed by atoms with E-state index in [2.05, 4.69) is 4.98 Å². The first kappa shape index (κ1) is 12.9. The van der Waals surface area contributed by atoms with Crippen molar-refractivity contribution >= 4 is 16.0 Å². The van der Waals surface area contributed by atoms with Gasteiger partial charge in [0.25, 0.3) is 10.0 Å². The van der Waals surface area contributed by atoms with Crippen molar-refractivity contribution in [2.75, 3.05) is 0 Å². The Morgan fingerprint density at radius 3 is 2.72 bits per heavy atom. The number of carbonyl (C=O) groups is 1. The number of aliphatic carboxylic acids is 1. The highest BCUT2D eigenvalue weighted by Crippen LogP contribution is 2.33. The zero-order valence-corrected chi connectivity index (χ0v) is 10.0. The fraction of sp³-hybridized carbons (Fsp3) is 0.400. The van der Waals surface area contributed by atoms with Gasteiger partial charge in [0.05, 0.1) is 0 Å². The number of nitrogens with zero attached hydrogens (tertiary/aromatic N) is 1. The second kappa shape index (κ2) is 4.62. The second-order valence-electron chi connectivity index (χ2n) is 4.07. The van der Waals surface area contributed by atoms with E-state index in [1.54, 1.807) is 0 Å². The summed E-state index contributed by atoms with van der Waals surface area (Å²) in [4.78, 5) is 14.4. The molecule has 0 radical (unpaired) electrons. The number of aromatic nitrogens is 1. The van der Waals surface area contributed by atoms with Crippen LogP contribution in [0.4, 0.5) is 4.39 Å². The first-order chi connectivity index (χ1) is 8.42. The summed E-state index contributed by atoms with van der Waals surface area (Å²) >= 11 is 0. The number of carboxylic acids is 1. The zero-order chi connectivity index (χ0) is 13.3. The van der Waals surface area contributed by atoms with Crippen LogP contribution in [-0.4, -0.2) is 30.5 Å². The minimum Gasteiger partial charge on any atom is -0.480 e. The van der Waals surface area contributed by atoms with Crippen LogP contribution in [0.15, 0.2) is 23.4 Å². The van der Waals surface area contributed by atoms with Crippen LogP contribution in [0.2, 0.25) is 0 Å². The normalized spacial score (nSPS) is 17.4. The Morgan fingerprint density at radius 2 is 2.22 bits per heavy atom. The summed E-state index contributed by atoms with van der Waals surface area (Å²) in [6, 6.07) is 0.981. The van der Waals surface area contributed by atoms with Gasteiger partial charge >= 0.3 is 5.97 Å². The van der Waals surface area contributed by atoms with E-state index in [4.69, 9.17) is 5.11 Å². The molecule has 0 aromatic carbocycles. The molecule has 1 aromatic heterocycles. The predicted molar refractivity (Wildman–Crippen MR) is 58.7 cm³/mol. The highest BCUT2D eigenvalue weighted by atomic mass is 32.2. The van der Waals surface area contributed by atoms with E-state index in [0.29, 0.717) is 12.8 Å². The van der Waals surface area contributed by atoms with Crippen molar-refractivity contribution in [1.82, 2.24) is 9.71 Å². The van der Waals surface area contributed by atoms with E-state index in [9.17, 15) is 17.6 Å². The van der Waals surface area contributed by atoms with Crippen LogP contribution < -0.4 is 4.72 Å². The summed E-state index contributed by atoms with van der Waals surface area (Å²) in [5.74, 6) is -2.51. The monoisotopic (exact) mass is 274 g/mol. The van der Waals surface area contributed by atoms with E-state index in [-0.39, 0.29) is 5.92 Å². The third-order valence-electron chi connectivity index (χ3n) is 2.62. The lowest BCUT2D eigenvalue weighted by atomic mass is 10.2. The van der Waals surface area contributed by atoms with Crippen LogP contribution in [0.1, 0.15) is 12.8 Å². The molecule has 0 bridgehead atoms. The van der Waals surface area contributed by atoms with Crippen molar-refractivity contribution in [1.29, 1.82) is 0 Å². The molecule has 2 rings (SSSR count). The maximum Gasteiger partial charge on any atom is 0.322 e. The Bertz CT molecular complexity index is 571. The molecule has 1 aliphatic rings. The van der Waals surface area contributed by atoms with Gasteiger partial charge in [-0.05, 0) is 30.9 Å². The molecule has 8 heteroatoms. The minimum absolute atomic E-state index is 0.232. The summed E-state index contributed by atoms with van der Waals surface area (Å²) in [5, 5.41) is 8.14. The Kier molecular flexibility index (Phi) is 3.31. The van der Waals surface area contributed by atoms with Gasteiger partial charge in [-0.25, -0.2) is 17.8 Å². The van der Waals surface area contributed by atoms with Crippen LogP contribution >= 0.6 is 0 Å². The molecule has 98 valence electrons. The predicted octanol–water partition coefficient (Wildman–Crippen LogP) is 0.362. The number of nitrogens with one attached hydrogen (secondary N) is 1. The number of pyridine rings is 1. The molecule has 1 heterocycles. The number of hydrogen-bond acceptors (Lipinski definition) is 4. The van der Waals surface area contributed by atoms with Gasteiger partial charge in [0.1, 0.15) is 6.04 Å². The highest BCUT2D eigenvalue weighted by Gasteiger charge is 2.39. The summed E-state index contributed by atoms with van der Waals surface area (Å²) in [6.45, 7) is 0. The van der Waals surface area contributed by atoms with Crippen molar-refractivity contribution < 1.29 is 22.7 Å². The summed E-state index contributed by atoms with van der Waals surface area (Å²) in [6.07, 6.45) is 2.42. The average molecular weight is 274 g/mol. The van der Waals surface area contributed by atoms with Crippen molar-refractivity contribution in [3.8, 4) is 0 Å². The topological polar surface area (TPSA) is 96.4 Å². The fourth-order valence-electron chi connectivity index (χ4n) is 1.57. The highest BCUT2D eigenvalue weighted by molar-refractivity contribution is 7.89. The third kappa shape index (κ3) is 2.65. The Balaban J connectivity index is 2.26. The molecule has 1 saturated carbocycles. The average Bonchev–Trinajstić information content (AvgIpc) is 3.10.